The molecule has 10 nitrogen and oxygen atoms in total. The summed E-state index contributed by atoms with van der Waals surface area (Å²) in [6.45, 7) is -3.26. The number of nitrogens with zero attached hydrogens (tertiary/aromatic N) is 7. The van der Waals surface area contributed by atoms with Crippen molar-refractivity contribution < 1.29 is 17.9 Å². The Morgan fingerprint density at radius 1 is 1.18 bits per heavy atom. The van der Waals surface area contributed by atoms with Crippen molar-refractivity contribution in [2.75, 3.05) is 24.2 Å². The molecular weight excluding hydrogens is 475 g/mol. The maximum Gasteiger partial charge on any atom is 0.333 e. The summed E-state index contributed by atoms with van der Waals surface area (Å²) in [7, 11) is 1.64. The standard InChI is InChI=1S/C20H19ClF3N9O/c1-32-19(13(9-29-32)18-26-4-2-17(25)30-18)34-10-11(22)7-27-15-6-16(21)28-8-12(15)14-3-5-33(31-14)20(23)24/h2-6,8-9,11,20H,7,10H2,1H3,(H,27,28)(H2,25,26,30)/t11-/m1/s1. The Hall–Kier alpha value is -3.87. The van der Waals surface area contributed by atoms with Crippen molar-refractivity contribution in [3.05, 3.63) is 48.1 Å². The van der Waals surface area contributed by atoms with Gasteiger partial charge >= 0.3 is 6.55 Å². The van der Waals surface area contributed by atoms with Gasteiger partial charge in [0.2, 0.25) is 5.88 Å². The first-order valence-corrected chi connectivity index (χ1v) is 10.3. The topological polar surface area (TPSA) is 122 Å². The molecule has 0 aliphatic heterocycles. The first-order chi connectivity index (χ1) is 16.3. The van der Waals surface area contributed by atoms with Gasteiger partial charge in [0.05, 0.1) is 11.9 Å². The molecule has 0 aromatic carbocycles. The molecule has 0 aliphatic carbocycles. The van der Waals surface area contributed by atoms with E-state index in [1.165, 1.54) is 35.4 Å². The van der Waals surface area contributed by atoms with Gasteiger partial charge < -0.3 is 15.8 Å². The number of nitrogen functional groups attached to an aromatic ring is 1. The van der Waals surface area contributed by atoms with E-state index in [0.29, 0.717) is 27.3 Å². The van der Waals surface area contributed by atoms with Gasteiger partial charge in [0.15, 0.2) is 12.0 Å². The molecule has 0 aliphatic rings. The maximum absolute atomic E-state index is 14.7. The van der Waals surface area contributed by atoms with Crippen LogP contribution in [0.2, 0.25) is 5.15 Å². The summed E-state index contributed by atoms with van der Waals surface area (Å²) >= 11 is 5.96. The van der Waals surface area contributed by atoms with Crippen LogP contribution in [-0.2, 0) is 7.05 Å². The molecule has 4 heterocycles. The lowest BCUT2D eigenvalue weighted by atomic mass is 10.1. The van der Waals surface area contributed by atoms with Crippen molar-refractivity contribution in [3.8, 4) is 28.5 Å². The summed E-state index contributed by atoms with van der Waals surface area (Å²) < 4.78 is 48.0. The van der Waals surface area contributed by atoms with Gasteiger partial charge in [-0.05, 0) is 18.2 Å². The minimum absolute atomic E-state index is 0.146. The van der Waals surface area contributed by atoms with Gasteiger partial charge in [-0.1, -0.05) is 11.6 Å². The Morgan fingerprint density at radius 3 is 2.74 bits per heavy atom. The summed E-state index contributed by atoms with van der Waals surface area (Å²) in [5, 5.41) is 11.0. The van der Waals surface area contributed by atoms with E-state index >= 15 is 0 Å². The van der Waals surface area contributed by atoms with Crippen LogP contribution < -0.4 is 15.8 Å². The number of halogens is 4. The van der Waals surface area contributed by atoms with Gasteiger partial charge in [-0.3, -0.25) is 0 Å². The van der Waals surface area contributed by atoms with Crippen LogP contribution in [0, 0.1) is 0 Å². The average molecular weight is 494 g/mol. The van der Waals surface area contributed by atoms with Crippen LogP contribution in [0.1, 0.15) is 6.55 Å². The first-order valence-electron chi connectivity index (χ1n) is 9.92. The zero-order chi connectivity index (χ0) is 24.2. The van der Waals surface area contributed by atoms with Crippen LogP contribution in [0.5, 0.6) is 5.88 Å². The van der Waals surface area contributed by atoms with E-state index < -0.39 is 12.7 Å². The number of aromatic nitrogens is 7. The van der Waals surface area contributed by atoms with Crippen molar-refractivity contribution in [2.24, 2.45) is 7.05 Å². The molecule has 4 rings (SSSR count). The molecule has 0 saturated heterocycles. The van der Waals surface area contributed by atoms with E-state index in [4.69, 9.17) is 22.1 Å². The number of aryl methyl sites for hydroxylation is 1. The monoisotopic (exact) mass is 493 g/mol. The predicted molar refractivity (Wildman–Crippen MR) is 119 cm³/mol. The van der Waals surface area contributed by atoms with Crippen LogP contribution >= 0.6 is 11.6 Å². The highest BCUT2D eigenvalue weighted by Crippen LogP contribution is 2.30. The van der Waals surface area contributed by atoms with Gasteiger partial charge in [-0.25, -0.2) is 28.7 Å². The second kappa shape index (κ2) is 9.95. The van der Waals surface area contributed by atoms with Crippen molar-refractivity contribution in [3.63, 3.8) is 0 Å². The second-order valence-corrected chi connectivity index (χ2v) is 7.48. The molecule has 0 amide bonds. The van der Waals surface area contributed by atoms with E-state index in [-0.39, 0.29) is 35.7 Å². The maximum atomic E-state index is 14.7. The number of rotatable bonds is 9. The van der Waals surface area contributed by atoms with Crippen molar-refractivity contribution in [2.45, 2.75) is 12.7 Å². The minimum Gasteiger partial charge on any atom is -0.474 e. The molecule has 4 aromatic heterocycles. The molecule has 14 heteroatoms. The largest absolute Gasteiger partial charge is 0.474 e. The van der Waals surface area contributed by atoms with E-state index in [2.05, 4.69) is 30.5 Å². The number of alkyl halides is 3. The fraction of sp³-hybridized carbons (Fsp3) is 0.250. The van der Waals surface area contributed by atoms with Crippen LogP contribution in [0.4, 0.5) is 24.7 Å². The molecule has 178 valence electrons. The molecule has 0 unspecified atom stereocenters. The molecule has 0 fully saturated rings. The highest BCUT2D eigenvalue weighted by Gasteiger charge is 2.18. The predicted octanol–water partition coefficient (Wildman–Crippen LogP) is 3.60. The smallest absolute Gasteiger partial charge is 0.333 e. The Kier molecular flexibility index (Phi) is 6.82. The zero-order valence-electron chi connectivity index (χ0n) is 17.7. The number of hydrogen-bond acceptors (Lipinski definition) is 8. The number of hydrogen-bond donors (Lipinski definition) is 2. The fourth-order valence-corrected chi connectivity index (χ4v) is 3.23. The number of nitrogens with one attached hydrogen (secondary N) is 1. The molecule has 0 bridgehead atoms. The third-order valence-corrected chi connectivity index (χ3v) is 4.88. The molecular formula is C20H19ClF3N9O. The highest BCUT2D eigenvalue weighted by molar-refractivity contribution is 6.29. The van der Waals surface area contributed by atoms with Crippen molar-refractivity contribution in [1.29, 1.82) is 0 Å². The van der Waals surface area contributed by atoms with E-state index in [0.717, 1.165) is 6.20 Å². The molecule has 4 aromatic rings. The van der Waals surface area contributed by atoms with Gasteiger partial charge in [0.1, 0.15) is 23.1 Å². The van der Waals surface area contributed by atoms with E-state index in [1.54, 1.807) is 13.1 Å². The summed E-state index contributed by atoms with van der Waals surface area (Å²) in [5.41, 5.74) is 7.19. The third-order valence-electron chi connectivity index (χ3n) is 4.67. The number of anilines is 2. The molecule has 0 spiro atoms. The summed E-state index contributed by atoms with van der Waals surface area (Å²) in [6.07, 6.45) is 4.06. The molecule has 34 heavy (non-hydrogen) atoms. The lowest BCUT2D eigenvalue weighted by Crippen LogP contribution is -2.23. The summed E-state index contributed by atoms with van der Waals surface area (Å²) in [6, 6.07) is 4.41. The van der Waals surface area contributed by atoms with Crippen LogP contribution in [-0.4, -0.2) is 53.8 Å². The van der Waals surface area contributed by atoms with Crippen LogP contribution in [0.25, 0.3) is 22.6 Å². The molecule has 0 saturated carbocycles. The quantitative estimate of drug-likeness (QED) is 0.339. The number of nitrogens with two attached hydrogens (primary N) is 1. The Morgan fingerprint density at radius 2 is 2.00 bits per heavy atom. The average Bonchev–Trinajstić information content (AvgIpc) is 3.43. The highest BCUT2D eigenvalue weighted by atomic mass is 35.5. The van der Waals surface area contributed by atoms with Gasteiger partial charge in [-0.15, -0.1) is 0 Å². The number of ether oxygens (including phenoxy) is 1. The summed E-state index contributed by atoms with van der Waals surface area (Å²) in [4.78, 5) is 12.2. The second-order valence-electron chi connectivity index (χ2n) is 7.09. The zero-order valence-corrected chi connectivity index (χ0v) is 18.5. The lowest BCUT2D eigenvalue weighted by molar-refractivity contribution is 0.0568. The van der Waals surface area contributed by atoms with E-state index in [9.17, 15) is 13.2 Å². The van der Waals surface area contributed by atoms with Crippen molar-refractivity contribution in [1.82, 2.24) is 34.5 Å². The Bertz CT molecular complexity index is 1280. The SMILES string of the molecule is Cn1ncc(-c2nccc(N)n2)c1OC[C@H](F)CNc1cc(Cl)ncc1-c1ccn(C(F)F)n1. The van der Waals surface area contributed by atoms with Gasteiger partial charge in [-0.2, -0.15) is 19.0 Å². The van der Waals surface area contributed by atoms with Gasteiger partial charge in [0, 0.05) is 43.4 Å². The third kappa shape index (κ3) is 5.20. The summed E-state index contributed by atoms with van der Waals surface area (Å²) in [5.74, 6) is 0.854. The Labute approximate surface area is 196 Å². The lowest BCUT2D eigenvalue weighted by Gasteiger charge is -2.15. The Balaban J connectivity index is 1.43. The normalized spacial score (nSPS) is 12.2. The van der Waals surface area contributed by atoms with Gasteiger partial charge in [0.25, 0.3) is 0 Å². The first kappa shape index (κ1) is 23.3. The fourth-order valence-electron chi connectivity index (χ4n) is 3.07. The molecule has 1 atom stereocenters. The van der Waals surface area contributed by atoms with E-state index in [1.807, 2.05) is 0 Å². The molecule has 3 N–H and O–H groups in total. The van der Waals surface area contributed by atoms with Crippen molar-refractivity contribution >= 4 is 23.1 Å². The molecule has 0 radical (unpaired) electrons. The minimum atomic E-state index is -2.78. The van der Waals surface area contributed by atoms with Crippen LogP contribution in [0.15, 0.2) is 43.0 Å². The number of pyridine rings is 1. The van der Waals surface area contributed by atoms with Crippen LogP contribution in [0.3, 0.4) is 0 Å².